The lowest BCUT2D eigenvalue weighted by Gasteiger charge is -2.34. The number of rotatable bonds is 3. The third kappa shape index (κ3) is 2.65. The summed E-state index contributed by atoms with van der Waals surface area (Å²) in [4.78, 5) is 28.7. The average Bonchev–Trinajstić information content (AvgIpc) is 2.92. The summed E-state index contributed by atoms with van der Waals surface area (Å²) in [5.74, 6) is 0.0349. The first-order valence-corrected chi connectivity index (χ1v) is 7.37. The molecule has 3 atom stereocenters. The summed E-state index contributed by atoms with van der Waals surface area (Å²) in [7, 11) is 3.99. The van der Waals surface area contributed by atoms with Gasteiger partial charge in [-0.1, -0.05) is 30.3 Å². The van der Waals surface area contributed by atoms with E-state index >= 15 is 0 Å². The number of amides is 2. The Morgan fingerprint density at radius 1 is 1.24 bits per heavy atom. The molecule has 2 fully saturated rings. The maximum absolute atomic E-state index is 12.6. The first-order valence-electron chi connectivity index (χ1n) is 7.37. The molecule has 0 unspecified atom stereocenters. The van der Waals surface area contributed by atoms with E-state index in [4.69, 9.17) is 0 Å². The fourth-order valence-electron chi connectivity index (χ4n) is 3.20. The zero-order valence-corrected chi connectivity index (χ0v) is 12.5. The lowest BCUT2D eigenvalue weighted by Crippen LogP contribution is -2.61. The highest BCUT2D eigenvalue weighted by molar-refractivity contribution is 5.97. The number of likely N-dealkylation sites (N-methyl/N-ethyl adjacent to an activating group) is 1. The van der Waals surface area contributed by atoms with Crippen LogP contribution in [-0.4, -0.2) is 60.4 Å². The Kier molecular flexibility index (Phi) is 3.68. The molecule has 0 spiro atoms. The van der Waals surface area contributed by atoms with E-state index in [9.17, 15) is 9.59 Å². The number of nitrogens with zero attached hydrogens (tertiary/aromatic N) is 2. The molecule has 2 heterocycles. The van der Waals surface area contributed by atoms with E-state index in [-0.39, 0.29) is 23.9 Å². The Labute approximate surface area is 124 Å². The summed E-state index contributed by atoms with van der Waals surface area (Å²) >= 11 is 0. The summed E-state index contributed by atoms with van der Waals surface area (Å²) in [6.45, 7) is 0.648. The second-order valence-electron chi connectivity index (χ2n) is 6.11. The predicted molar refractivity (Wildman–Crippen MR) is 79.7 cm³/mol. The number of hydrogen-bond acceptors (Lipinski definition) is 3. The Morgan fingerprint density at radius 3 is 2.62 bits per heavy atom. The Balaban J connectivity index is 1.75. The maximum Gasteiger partial charge on any atom is 0.246 e. The average molecular weight is 287 g/mol. The van der Waals surface area contributed by atoms with Crippen LogP contribution in [0.15, 0.2) is 30.3 Å². The molecule has 112 valence electrons. The van der Waals surface area contributed by atoms with Gasteiger partial charge in [0.05, 0.1) is 0 Å². The molecule has 2 aliphatic heterocycles. The fraction of sp³-hybridized carbons (Fsp3) is 0.500. The molecule has 1 N–H and O–H groups in total. The highest BCUT2D eigenvalue weighted by Gasteiger charge is 2.46. The number of piperazine rings is 1. The van der Waals surface area contributed by atoms with Crippen LogP contribution in [-0.2, 0) is 16.0 Å². The van der Waals surface area contributed by atoms with Gasteiger partial charge in [-0.05, 0) is 26.1 Å². The van der Waals surface area contributed by atoms with Gasteiger partial charge >= 0.3 is 0 Å². The molecular weight excluding hydrogens is 266 g/mol. The maximum atomic E-state index is 12.6. The quantitative estimate of drug-likeness (QED) is 0.867. The topological polar surface area (TPSA) is 52.7 Å². The van der Waals surface area contributed by atoms with Crippen molar-refractivity contribution in [3.05, 3.63) is 35.9 Å². The molecule has 1 aromatic carbocycles. The molecule has 2 saturated heterocycles. The van der Waals surface area contributed by atoms with Crippen LogP contribution in [0.5, 0.6) is 0 Å². The molecule has 0 bridgehead atoms. The van der Waals surface area contributed by atoms with Crippen molar-refractivity contribution in [2.75, 3.05) is 20.6 Å². The largest absolute Gasteiger partial charge is 0.342 e. The van der Waals surface area contributed by atoms with Gasteiger partial charge in [-0.25, -0.2) is 0 Å². The van der Waals surface area contributed by atoms with Gasteiger partial charge in [-0.2, -0.15) is 0 Å². The van der Waals surface area contributed by atoms with Crippen LogP contribution in [0.25, 0.3) is 0 Å². The van der Waals surface area contributed by atoms with Crippen LogP contribution < -0.4 is 5.32 Å². The van der Waals surface area contributed by atoms with Gasteiger partial charge < -0.3 is 15.1 Å². The first kappa shape index (κ1) is 14.1. The molecule has 2 aliphatic rings. The van der Waals surface area contributed by atoms with Gasteiger partial charge in [0.15, 0.2) is 0 Å². The van der Waals surface area contributed by atoms with Crippen molar-refractivity contribution in [3.63, 3.8) is 0 Å². The molecule has 3 rings (SSSR count). The smallest absolute Gasteiger partial charge is 0.246 e. The molecule has 0 saturated carbocycles. The van der Waals surface area contributed by atoms with Crippen molar-refractivity contribution in [1.29, 1.82) is 0 Å². The molecular formula is C16H21N3O2. The van der Waals surface area contributed by atoms with Crippen molar-refractivity contribution in [1.82, 2.24) is 15.1 Å². The van der Waals surface area contributed by atoms with Gasteiger partial charge in [-0.15, -0.1) is 0 Å². The van der Waals surface area contributed by atoms with Gasteiger partial charge in [0.2, 0.25) is 11.8 Å². The monoisotopic (exact) mass is 287 g/mol. The number of carbonyl (C=O) groups is 2. The van der Waals surface area contributed by atoms with Crippen LogP contribution in [0.4, 0.5) is 0 Å². The minimum absolute atomic E-state index is 0.0140. The molecule has 21 heavy (non-hydrogen) atoms. The number of hydrogen-bond donors (Lipinski definition) is 1. The third-order valence-corrected chi connectivity index (χ3v) is 4.49. The van der Waals surface area contributed by atoms with Crippen molar-refractivity contribution in [2.24, 2.45) is 0 Å². The second kappa shape index (κ2) is 5.48. The zero-order valence-electron chi connectivity index (χ0n) is 12.5. The van der Waals surface area contributed by atoms with Crippen molar-refractivity contribution >= 4 is 11.8 Å². The minimum atomic E-state index is -0.433. The van der Waals surface area contributed by atoms with E-state index in [0.29, 0.717) is 13.0 Å². The van der Waals surface area contributed by atoms with Crippen molar-refractivity contribution < 1.29 is 9.59 Å². The number of fused-ring (bicyclic) bond motifs is 1. The molecule has 1 aromatic rings. The Bertz CT molecular complexity index is 544. The fourth-order valence-corrected chi connectivity index (χ4v) is 3.20. The highest BCUT2D eigenvalue weighted by Crippen LogP contribution is 2.25. The molecule has 0 radical (unpaired) electrons. The van der Waals surface area contributed by atoms with E-state index in [0.717, 1.165) is 12.0 Å². The first-order chi connectivity index (χ1) is 10.1. The van der Waals surface area contributed by atoms with E-state index in [2.05, 4.69) is 10.2 Å². The summed E-state index contributed by atoms with van der Waals surface area (Å²) in [5.41, 5.74) is 1.07. The van der Waals surface area contributed by atoms with Gasteiger partial charge in [0.25, 0.3) is 0 Å². The minimum Gasteiger partial charge on any atom is -0.342 e. The van der Waals surface area contributed by atoms with Crippen LogP contribution in [0, 0.1) is 0 Å². The van der Waals surface area contributed by atoms with Crippen LogP contribution in [0.2, 0.25) is 0 Å². The standard InChI is InChI=1S/C16H21N3O2/c1-18(2)12-9-14-15(20)17-13(16(21)19(14)10-12)8-11-6-4-3-5-7-11/h3-7,12-14H,8-10H2,1-2H3,(H,17,20)/t12-,13+,14+/m1/s1. The number of benzene rings is 1. The molecule has 0 aromatic heterocycles. The highest BCUT2D eigenvalue weighted by atomic mass is 16.2. The summed E-state index contributed by atoms with van der Waals surface area (Å²) < 4.78 is 0. The number of nitrogens with one attached hydrogen (secondary N) is 1. The molecule has 5 nitrogen and oxygen atoms in total. The van der Waals surface area contributed by atoms with E-state index in [1.165, 1.54) is 0 Å². The molecule has 0 aliphatic carbocycles. The van der Waals surface area contributed by atoms with Crippen molar-refractivity contribution in [3.8, 4) is 0 Å². The summed E-state index contributed by atoms with van der Waals surface area (Å²) in [5, 5.41) is 2.90. The number of carbonyl (C=O) groups excluding carboxylic acids is 2. The summed E-state index contributed by atoms with van der Waals surface area (Å²) in [6.07, 6.45) is 1.28. The zero-order chi connectivity index (χ0) is 15.0. The van der Waals surface area contributed by atoms with Gasteiger partial charge in [0.1, 0.15) is 12.1 Å². The normalized spacial score (nSPS) is 28.7. The van der Waals surface area contributed by atoms with E-state index in [1.54, 1.807) is 4.90 Å². The van der Waals surface area contributed by atoms with Gasteiger partial charge in [-0.3, -0.25) is 9.59 Å². The summed E-state index contributed by atoms with van der Waals surface area (Å²) in [6, 6.07) is 9.35. The van der Waals surface area contributed by atoms with Crippen LogP contribution in [0.1, 0.15) is 12.0 Å². The van der Waals surface area contributed by atoms with Crippen molar-refractivity contribution in [2.45, 2.75) is 31.0 Å². The Hall–Kier alpha value is -1.88. The molecule has 5 heteroatoms. The lowest BCUT2D eigenvalue weighted by atomic mass is 10.0. The predicted octanol–water partition coefficient (Wildman–Crippen LogP) is 0.259. The lowest BCUT2D eigenvalue weighted by molar-refractivity contribution is -0.147. The van der Waals surface area contributed by atoms with Crippen LogP contribution in [0.3, 0.4) is 0 Å². The Morgan fingerprint density at radius 2 is 1.95 bits per heavy atom. The van der Waals surface area contributed by atoms with E-state index < -0.39 is 6.04 Å². The van der Waals surface area contributed by atoms with E-state index in [1.807, 2.05) is 44.4 Å². The second-order valence-corrected chi connectivity index (χ2v) is 6.11. The SMILES string of the molecule is CN(C)[C@@H]1C[C@H]2C(=O)N[C@@H](Cc3ccccc3)C(=O)N2C1. The van der Waals surface area contributed by atoms with Gasteiger partial charge in [0, 0.05) is 19.0 Å². The third-order valence-electron chi connectivity index (χ3n) is 4.49. The van der Waals surface area contributed by atoms with Crippen LogP contribution >= 0.6 is 0 Å². The molecule has 2 amide bonds.